The maximum absolute atomic E-state index is 13.0. The summed E-state index contributed by atoms with van der Waals surface area (Å²) in [6, 6.07) is 0. The Balaban J connectivity index is 4.16. The lowest BCUT2D eigenvalue weighted by atomic mass is 9.87. The molecule has 4 nitrogen and oxygen atoms in total. The molecule has 0 saturated carbocycles. The van der Waals surface area contributed by atoms with Gasteiger partial charge in [-0.25, -0.2) is 0 Å². The molecule has 230 valence electrons. The van der Waals surface area contributed by atoms with E-state index < -0.39 is 11.9 Å². The summed E-state index contributed by atoms with van der Waals surface area (Å²) < 4.78 is 0. The molecule has 0 unspecified atom stereocenters. The van der Waals surface area contributed by atoms with E-state index in [4.69, 9.17) is 5.11 Å². The quantitative estimate of drug-likeness (QED) is 0.0667. The number of hydrogen-bond donors (Lipinski definition) is 1. The lowest BCUT2D eigenvalue weighted by Crippen LogP contribution is -2.24. The van der Waals surface area contributed by atoms with Gasteiger partial charge in [-0.05, 0) is 25.7 Å². The minimum absolute atomic E-state index is 0.136. The Labute approximate surface area is 242 Å². The highest BCUT2D eigenvalue weighted by molar-refractivity contribution is 6.02. The van der Waals surface area contributed by atoms with Gasteiger partial charge in [0.1, 0.15) is 11.6 Å². The summed E-state index contributed by atoms with van der Waals surface area (Å²) in [4.78, 5) is 36.8. The van der Waals surface area contributed by atoms with Crippen molar-refractivity contribution in [2.75, 3.05) is 0 Å². The minimum atomic E-state index is -0.772. The van der Waals surface area contributed by atoms with Crippen LogP contribution in [0.25, 0.3) is 0 Å². The first kappa shape index (κ1) is 37.8. The fourth-order valence-corrected chi connectivity index (χ4v) is 5.58. The van der Waals surface area contributed by atoms with Crippen molar-refractivity contribution in [3.63, 3.8) is 0 Å². The number of hydrogen-bond acceptors (Lipinski definition) is 3. The largest absolute Gasteiger partial charge is 0.481 e. The van der Waals surface area contributed by atoms with E-state index in [9.17, 15) is 14.4 Å². The summed E-state index contributed by atoms with van der Waals surface area (Å²) in [6.45, 7) is 4.51. The van der Waals surface area contributed by atoms with Gasteiger partial charge in [0.25, 0.3) is 0 Å². The Kier molecular flexibility index (Phi) is 28.9. The summed E-state index contributed by atoms with van der Waals surface area (Å²) in [6.07, 6.45) is 31.6. The van der Waals surface area contributed by atoms with Crippen LogP contribution in [0.15, 0.2) is 0 Å². The Morgan fingerprint density at radius 2 is 0.692 bits per heavy atom. The van der Waals surface area contributed by atoms with Crippen molar-refractivity contribution in [3.05, 3.63) is 0 Å². The zero-order chi connectivity index (χ0) is 28.8. The molecule has 0 aromatic carbocycles. The first-order valence-electron chi connectivity index (χ1n) is 17.3. The Morgan fingerprint density at radius 1 is 0.410 bits per heavy atom. The molecule has 0 aliphatic rings. The summed E-state index contributed by atoms with van der Waals surface area (Å²) >= 11 is 0. The second kappa shape index (κ2) is 29.8. The molecule has 0 rings (SSSR count). The van der Waals surface area contributed by atoms with E-state index in [0.29, 0.717) is 25.7 Å². The van der Waals surface area contributed by atoms with Crippen molar-refractivity contribution in [1.82, 2.24) is 0 Å². The van der Waals surface area contributed by atoms with E-state index in [0.717, 1.165) is 38.5 Å². The number of ketones is 2. The number of carboxylic acid groups (broad SMARTS) is 1. The number of unbranched alkanes of at least 4 members (excludes halogenated alkanes) is 22. The smallest absolute Gasteiger partial charge is 0.303 e. The average Bonchev–Trinajstić information content (AvgIpc) is 2.92. The average molecular weight is 551 g/mol. The lowest BCUT2D eigenvalue weighted by molar-refractivity contribution is -0.137. The van der Waals surface area contributed by atoms with E-state index in [1.54, 1.807) is 0 Å². The third-order valence-corrected chi connectivity index (χ3v) is 8.21. The molecular weight excluding hydrogens is 484 g/mol. The molecule has 39 heavy (non-hydrogen) atoms. The van der Waals surface area contributed by atoms with Crippen molar-refractivity contribution in [3.8, 4) is 0 Å². The van der Waals surface area contributed by atoms with E-state index in [1.807, 2.05) is 0 Å². The van der Waals surface area contributed by atoms with Crippen LogP contribution < -0.4 is 0 Å². The van der Waals surface area contributed by atoms with E-state index in [2.05, 4.69) is 13.8 Å². The standard InChI is InChI=1S/C35H66O4/c1-3-5-7-9-11-13-15-17-19-21-25-29-33(36)32(28-24-23-27-31-35(38)39)34(37)30-26-22-20-18-16-14-12-10-8-6-4-2/h32H,3-31H2,1-2H3,(H,38,39). The first-order chi connectivity index (χ1) is 19.0. The fraction of sp³-hybridized carbons (Fsp3) is 0.914. The number of aliphatic carboxylic acids is 1. The van der Waals surface area contributed by atoms with Crippen LogP contribution in [0.4, 0.5) is 0 Å². The molecule has 0 atom stereocenters. The Morgan fingerprint density at radius 3 is 1.03 bits per heavy atom. The lowest BCUT2D eigenvalue weighted by Gasteiger charge is -2.15. The maximum atomic E-state index is 13.0. The number of rotatable bonds is 32. The SMILES string of the molecule is CCCCCCCCCCCCCC(=O)C(CCCCCC(=O)O)C(=O)CCCCCCCCCCCCC. The monoisotopic (exact) mass is 550 g/mol. The highest BCUT2D eigenvalue weighted by Gasteiger charge is 2.24. The third kappa shape index (κ3) is 26.8. The Bertz CT molecular complexity index is 533. The molecule has 0 aromatic heterocycles. The van der Waals surface area contributed by atoms with E-state index in [1.165, 1.54) is 116 Å². The van der Waals surface area contributed by atoms with Gasteiger partial charge in [0.2, 0.25) is 0 Å². The molecule has 0 radical (unpaired) electrons. The van der Waals surface area contributed by atoms with Crippen LogP contribution in [0.5, 0.6) is 0 Å². The summed E-state index contributed by atoms with van der Waals surface area (Å²) in [5.41, 5.74) is 0. The topological polar surface area (TPSA) is 71.4 Å². The molecule has 1 N–H and O–H groups in total. The highest BCUT2D eigenvalue weighted by Crippen LogP contribution is 2.21. The van der Waals surface area contributed by atoms with Crippen LogP contribution in [0.3, 0.4) is 0 Å². The summed E-state index contributed by atoms with van der Waals surface area (Å²) in [5, 5.41) is 8.85. The van der Waals surface area contributed by atoms with Gasteiger partial charge in [0.05, 0.1) is 5.92 Å². The van der Waals surface area contributed by atoms with Crippen LogP contribution in [0.2, 0.25) is 0 Å². The van der Waals surface area contributed by atoms with Crippen molar-refractivity contribution < 1.29 is 19.5 Å². The molecule has 0 fully saturated rings. The van der Waals surface area contributed by atoms with Gasteiger partial charge in [-0.2, -0.15) is 0 Å². The third-order valence-electron chi connectivity index (χ3n) is 8.21. The molecule has 0 spiro atoms. The number of Topliss-reactive ketones (excluding diaryl/α,β-unsaturated/α-hetero) is 2. The van der Waals surface area contributed by atoms with Gasteiger partial charge in [0.15, 0.2) is 0 Å². The van der Waals surface area contributed by atoms with E-state index >= 15 is 0 Å². The molecule has 4 heteroatoms. The number of carbonyl (C=O) groups is 3. The molecule has 0 bridgehead atoms. The van der Waals surface area contributed by atoms with Crippen molar-refractivity contribution in [2.24, 2.45) is 5.92 Å². The molecule has 0 heterocycles. The normalized spacial score (nSPS) is 11.4. The number of carbonyl (C=O) groups excluding carboxylic acids is 2. The molecule has 0 aliphatic carbocycles. The van der Waals surface area contributed by atoms with Gasteiger partial charge in [0, 0.05) is 19.3 Å². The van der Waals surface area contributed by atoms with Crippen molar-refractivity contribution in [2.45, 2.75) is 200 Å². The van der Waals surface area contributed by atoms with Crippen molar-refractivity contribution >= 4 is 17.5 Å². The van der Waals surface area contributed by atoms with Crippen LogP contribution in [-0.2, 0) is 14.4 Å². The number of carboxylic acids is 1. The van der Waals surface area contributed by atoms with Crippen LogP contribution >= 0.6 is 0 Å². The molecule has 0 amide bonds. The predicted octanol–water partition coefficient (Wildman–Crippen LogP) is 11.2. The van der Waals surface area contributed by atoms with Gasteiger partial charge < -0.3 is 5.11 Å². The van der Waals surface area contributed by atoms with E-state index in [-0.39, 0.29) is 18.0 Å². The molecule has 0 aromatic rings. The maximum Gasteiger partial charge on any atom is 0.303 e. The predicted molar refractivity (Wildman–Crippen MR) is 166 cm³/mol. The molecule has 0 saturated heterocycles. The zero-order valence-electron chi connectivity index (χ0n) is 26.3. The second-order valence-electron chi connectivity index (χ2n) is 12.0. The highest BCUT2D eigenvalue weighted by atomic mass is 16.4. The fourth-order valence-electron chi connectivity index (χ4n) is 5.58. The Hall–Kier alpha value is -1.19. The van der Waals surface area contributed by atoms with Crippen molar-refractivity contribution in [1.29, 1.82) is 0 Å². The van der Waals surface area contributed by atoms with Crippen LogP contribution in [0, 0.1) is 5.92 Å². The van der Waals surface area contributed by atoms with Gasteiger partial charge in [-0.3, -0.25) is 14.4 Å². The first-order valence-corrected chi connectivity index (χ1v) is 17.3. The minimum Gasteiger partial charge on any atom is -0.481 e. The molecular formula is C35H66O4. The second-order valence-corrected chi connectivity index (χ2v) is 12.0. The van der Waals surface area contributed by atoms with Gasteiger partial charge >= 0.3 is 5.97 Å². The van der Waals surface area contributed by atoms with Crippen LogP contribution in [0.1, 0.15) is 200 Å². The van der Waals surface area contributed by atoms with Gasteiger partial charge in [-0.15, -0.1) is 0 Å². The molecule has 0 aliphatic heterocycles. The summed E-state index contributed by atoms with van der Waals surface area (Å²) in [5.74, 6) is -0.956. The van der Waals surface area contributed by atoms with Crippen LogP contribution in [-0.4, -0.2) is 22.6 Å². The zero-order valence-corrected chi connectivity index (χ0v) is 26.3. The van der Waals surface area contributed by atoms with Gasteiger partial charge in [-0.1, -0.05) is 155 Å². The summed E-state index contributed by atoms with van der Waals surface area (Å²) in [7, 11) is 0.